The van der Waals surface area contributed by atoms with E-state index >= 15 is 0 Å². The lowest BCUT2D eigenvalue weighted by Gasteiger charge is -2.02. The van der Waals surface area contributed by atoms with E-state index in [1.165, 1.54) is 0 Å². The molecule has 0 radical (unpaired) electrons. The van der Waals surface area contributed by atoms with E-state index in [2.05, 4.69) is 15.9 Å². The highest BCUT2D eigenvalue weighted by molar-refractivity contribution is 9.10. The van der Waals surface area contributed by atoms with E-state index in [-0.39, 0.29) is 11.6 Å². The maximum atomic E-state index is 11.8. The van der Waals surface area contributed by atoms with Crippen molar-refractivity contribution in [3.05, 3.63) is 34.3 Å². The van der Waals surface area contributed by atoms with Crippen molar-refractivity contribution in [2.45, 2.75) is 45.4 Å². The molecule has 1 aromatic rings. The van der Waals surface area contributed by atoms with Gasteiger partial charge in [-0.1, -0.05) is 40.9 Å². The average Bonchev–Trinajstić information content (AvgIpc) is 2.34. The van der Waals surface area contributed by atoms with Crippen molar-refractivity contribution in [3.8, 4) is 0 Å². The maximum Gasteiger partial charge on any atom is 0.162 e. The van der Waals surface area contributed by atoms with Crippen molar-refractivity contribution >= 4 is 27.5 Å². The number of rotatable bonds is 8. The number of hydrogen-bond acceptors (Lipinski definition) is 2. The first kappa shape index (κ1) is 15.1. The van der Waals surface area contributed by atoms with Crippen LogP contribution in [0.25, 0.3) is 0 Å². The number of halogens is 1. The number of hydrogen-bond donors (Lipinski definition) is 0. The molecule has 3 heteroatoms. The molecule has 0 saturated carbocycles. The fraction of sp³-hybridized carbons (Fsp3) is 0.467. The van der Waals surface area contributed by atoms with Gasteiger partial charge in [-0.2, -0.15) is 0 Å². The van der Waals surface area contributed by atoms with E-state index in [0.29, 0.717) is 12.8 Å². The van der Waals surface area contributed by atoms with Crippen LogP contribution < -0.4 is 0 Å². The molecule has 0 aliphatic heterocycles. The smallest absolute Gasteiger partial charge is 0.162 e. The lowest BCUT2D eigenvalue weighted by molar-refractivity contribution is -0.117. The van der Waals surface area contributed by atoms with Gasteiger partial charge in [-0.25, -0.2) is 0 Å². The molecular weight excluding hydrogens is 292 g/mol. The molecule has 0 heterocycles. The van der Waals surface area contributed by atoms with Gasteiger partial charge in [0.1, 0.15) is 5.78 Å². The predicted octanol–water partition coefficient (Wildman–Crippen LogP) is 4.56. The Labute approximate surface area is 117 Å². The molecule has 18 heavy (non-hydrogen) atoms. The molecule has 0 N–H and O–H groups in total. The monoisotopic (exact) mass is 310 g/mol. The van der Waals surface area contributed by atoms with Gasteiger partial charge in [0.25, 0.3) is 0 Å². The molecule has 98 valence electrons. The molecule has 0 saturated heterocycles. The highest BCUT2D eigenvalue weighted by atomic mass is 79.9. The maximum absolute atomic E-state index is 11.8. The van der Waals surface area contributed by atoms with Crippen LogP contribution in [-0.2, 0) is 4.79 Å². The Hall–Kier alpha value is -0.960. The van der Waals surface area contributed by atoms with Crippen molar-refractivity contribution < 1.29 is 9.59 Å². The molecule has 0 fully saturated rings. The molecule has 0 spiro atoms. The molecule has 0 bridgehead atoms. The molecule has 0 amide bonds. The highest BCUT2D eigenvalue weighted by Gasteiger charge is 2.05. The fourth-order valence-electron chi connectivity index (χ4n) is 1.79. The van der Waals surface area contributed by atoms with E-state index in [4.69, 9.17) is 0 Å². The fourth-order valence-corrected chi connectivity index (χ4v) is 2.06. The van der Waals surface area contributed by atoms with Crippen LogP contribution in [0.4, 0.5) is 0 Å². The lowest BCUT2D eigenvalue weighted by Crippen LogP contribution is -1.98. The summed E-state index contributed by atoms with van der Waals surface area (Å²) in [5, 5.41) is 0. The molecule has 1 aromatic carbocycles. The predicted molar refractivity (Wildman–Crippen MR) is 76.9 cm³/mol. The Morgan fingerprint density at radius 1 is 0.944 bits per heavy atom. The molecule has 0 atom stereocenters. The minimum Gasteiger partial charge on any atom is -0.300 e. The van der Waals surface area contributed by atoms with Gasteiger partial charge in [0.15, 0.2) is 5.78 Å². The zero-order chi connectivity index (χ0) is 13.4. The molecule has 0 aliphatic rings. The Bertz CT molecular complexity index is 395. The van der Waals surface area contributed by atoms with E-state index < -0.39 is 0 Å². The van der Waals surface area contributed by atoms with Crippen LogP contribution in [0.5, 0.6) is 0 Å². The van der Waals surface area contributed by atoms with Gasteiger partial charge in [0.2, 0.25) is 0 Å². The zero-order valence-corrected chi connectivity index (χ0v) is 12.3. The van der Waals surface area contributed by atoms with Crippen LogP contribution in [0.15, 0.2) is 28.7 Å². The number of benzene rings is 1. The van der Waals surface area contributed by atoms with Gasteiger partial charge in [0.05, 0.1) is 0 Å². The summed E-state index contributed by atoms with van der Waals surface area (Å²) < 4.78 is 0.989. The number of Topliss-reactive ketones (excluding diaryl/α,β-unsaturated/α-hetero) is 2. The minimum absolute atomic E-state index is 0.203. The largest absolute Gasteiger partial charge is 0.300 e. The van der Waals surface area contributed by atoms with Crippen LogP contribution in [-0.4, -0.2) is 11.6 Å². The quantitative estimate of drug-likeness (QED) is 0.521. The number of carbonyl (C=O) groups is 2. The minimum atomic E-state index is 0.203. The van der Waals surface area contributed by atoms with E-state index in [9.17, 15) is 9.59 Å². The summed E-state index contributed by atoms with van der Waals surface area (Å²) >= 11 is 3.35. The Morgan fingerprint density at radius 2 is 1.50 bits per heavy atom. The van der Waals surface area contributed by atoms with E-state index in [1.54, 1.807) is 6.92 Å². The van der Waals surface area contributed by atoms with Crippen LogP contribution in [0, 0.1) is 0 Å². The van der Waals surface area contributed by atoms with Gasteiger partial charge in [-0.3, -0.25) is 4.79 Å². The standard InChI is InChI=1S/C15H19BrO2/c1-12(17)6-4-2-3-5-7-15(18)13-8-10-14(16)11-9-13/h8-11H,2-7H2,1H3. The first-order chi connectivity index (χ1) is 8.59. The topological polar surface area (TPSA) is 34.1 Å². The highest BCUT2D eigenvalue weighted by Crippen LogP contribution is 2.14. The molecule has 0 aromatic heterocycles. The molecule has 1 rings (SSSR count). The molecule has 2 nitrogen and oxygen atoms in total. The number of unbranched alkanes of at least 4 members (excludes halogenated alkanes) is 3. The first-order valence-corrected chi connectivity index (χ1v) is 7.17. The second-order valence-corrected chi connectivity index (χ2v) is 5.46. The van der Waals surface area contributed by atoms with Crippen molar-refractivity contribution in [3.63, 3.8) is 0 Å². The number of ketones is 2. The summed E-state index contributed by atoms with van der Waals surface area (Å²) in [6.07, 6.45) is 5.18. The van der Waals surface area contributed by atoms with Gasteiger partial charge < -0.3 is 4.79 Å². The van der Waals surface area contributed by atoms with Gasteiger partial charge in [-0.05, 0) is 31.9 Å². The SMILES string of the molecule is CC(=O)CCCCCCC(=O)c1ccc(Br)cc1. The summed E-state index contributed by atoms with van der Waals surface area (Å²) in [5.74, 6) is 0.454. The first-order valence-electron chi connectivity index (χ1n) is 6.38. The van der Waals surface area contributed by atoms with Crippen molar-refractivity contribution in [2.75, 3.05) is 0 Å². The summed E-state index contributed by atoms with van der Waals surface area (Å²) in [7, 11) is 0. The average molecular weight is 311 g/mol. The van der Waals surface area contributed by atoms with E-state index in [1.807, 2.05) is 24.3 Å². The van der Waals surface area contributed by atoms with Gasteiger partial charge >= 0.3 is 0 Å². The zero-order valence-electron chi connectivity index (χ0n) is 10.7. The third-order valence-corrected chi connectivity index (χ3v) is 3.38. The molecule has 0 unspecified atom stereocenters. The van der Waals surface area contributed by atoms with Crippen LogP contribution in [0.2, 0.25) is 0 Å². The van der Waals surface area contributed by atoms with Crippen LogP contribution >= 0.6 is 15.9 Å². The van der Waals surface area contributed by atoms with Gasteiger partial charge in [-0.15, -0.1) is 0 Å². The number of carbonyl (C=O) groups excluding carboxylic acids is 2. The van der Waals surface area contributed by atoms with Crippen LogP contribution in [0.1, 0.15) is 55.8 Å². The van der Waals surface area contributed by atoms with Crippen molar-refractivity contribution in [2.24, 2.45) is 0 Å². The second-order valence-electron chi connectivity index (χ2n) is 4.55. The normalized spacial score (nSPS) is 10.3. The summed E-state index contributed by atoms with van der Waals surface area (Å²) in [6, 6.07) is 7.48. The van der Waals surface area contributed by atoms with Crippen molar-refractivity contribution in [1.82, 2.24) is 0 Å². The Morgan fingerprint density at radius 3 is 2.06 bits per heavy atom. The Kier molecular flexibility index (Phi) is 6.88. The van der Waals surface area contributed by atoms with Crippen molar-refractivity contribution in [1.29, 1.82) is 0 Å². The second kappa shape index (κ2) is 8.20. The van der Waals surface area contributed by atoms with Gasteiger partial charge in [0, 0.05) is 22.9 Å². The Balaban J connectivity index is 2.17. The third-order valence-electron chi connectivity index (χ3n) is 2.85. The third kappa shape index (κ3) is 6.10. The summed E-state index contributed by atoms with van der Waals surface area (Å²) in [5.41, 5.74) is 0.780. The summed E-state index contributed by atoms with van der Waals surface area (Å²) in [4.78, 5) is 22.6. The molecule has 0 aliphatic carbocycles. The van der Waals surface area contributed by atoms with Crippen LogP contribution in [0.3, 0.4) is 0 Å². The summed E-state index contributed by atoms with van der Waals surface area (Å²) in [6.45, 7) is 1.62. The molecular formula is C15H19BrO2. The van der Waals surface area contributed by atoms with E-state index in [0.717, 1.165) is 35.7 Å². The lowest BCUT2D eigenvalue weighted by atomic mass is 10.0.